The Labute approximate surface area is 138 Å². The zero-order valence-corrected chi connectivity index (χ0v) is 13.2. The molecule has 0 fully saturated rings. The Kier molecular flexibility index (Phi) is 4.20. The second kappa shape index (κ2) is 6.45. The van der Waals surface area contributed by atoms with Crippen molar-refractivity contribution in [3.05, 3.63) is 59.8 Å². The third kappa shape index (κ3) is 3.08. The van der Waals surface area contributed by atoms with Gasteiger partial charge < -0.3 is 19.2 Å². The van der Waals surface area contributed by atoms with Crippen LogP contribution < -0.4 is 9.47 Å². The predicted octanol–water partition coefficient (Wildman–Crippen LogP) is 3.18. The Bertz CT molecular complexity index is 913. The topological polar surface area (TPSA) is 77.6 Å². The van der Waals surface area contributed by atoms with Crippen LogP contribution in [-0.4, -0.2) is 31.1 Å². The number of nitrogens with one attached hydrogen (secondary N) is 1. The lowest BCUT2D eigenvalue weighted by Gasteiger charge is -2.04. The average molecular weight is 325 g/mol. The summed E-state index contributed by atoms with van der Waals surface area (Å²) in [5.41, 5.74) is 1.41. The lowest BCUT2D eigenvalue weighted by Crippen LogP contribution is -2.09. The number of methoxy groups -OCH3 is 2. The molecule has 122 valence electrons. The van der Waals surface area contributed by atoms with Crippen LogP contribution in [0.5, 0.6) is 11.5 Å². The van der Waals surface area contributed by atoms with E-state index in [4.69, 9.17) is 9.47 Å². The summed E-state index contributed by atoms with van der Waals surface area (Å²) in [4.78, 5) is 26.8. The first-order chi connectivity index (χ1) is 11.6. The average Bonchev–Trinajstić information content (AvgIpc) is 3.04. The first-order valence-corrected chi connectivity index (χ1v) is 7.18. The van der Waals surface area contributed by atoms with Crippen molar-refractivity contribution in [2.75, 3.05) is 14.2 Å². The molecule has 0 aliphatic carbocycles. The number of ether oxygens (including phenoxy) is 3. The lowest BCUT2D eigenvalue weighted by molar-refractivity contribution is 0.0597. The molecule has 0 atom stereocenters. The smallest absolute Gasteiger partial charge is 0.360 e. The van der Waals surface area contributed by atoms with Gasteiger partial charge >= 0.3 is 11.9 Å². The SMILES string of the molecule is COC(=O)c1cccc(OC(=O)c2cc3cc(OC)ccc3[nH]2)c1. The van der Waals surface area contributed by atoms with Crippen LogP contribution in [-0.2, 0) is 4.74 Å². The maximum Gasteiger partial charge on any atom is 0.360 e. The Morgan fingerprint density at radius 2 is 1.75 bits per heavy atom. The molecule has 0 bridgehead atoms. The van der Waals surface area contributed by atoms with Crippen LogP contribution in [0.1, 0.15) is 20.8 Å². The number of hydrogen-bond donors (Lipinski definition) is 1. The highest BCUT2D eigenvalue weighted by Gasteiger charge is 2.14. The number of aromatic amines is 1. The summed E-state index contributed by atoms with van der Waals surface area (Å²) in [5.74, 6) is -0.0795. The normalized spacial score (nSPS) is 10.4. The summed E-state index contributed by atoms with van der Waals surface area (Å²) in [7, 11) is 2.87. The van der Waals surface area contributed by atoms with E-state index >= 15 is 0 Å². The number of rotatable bonds is 4. The summed E-state index contributed by atoms with van der Waals surface area (Å²) in [5, 5.41) is 0.838. The van der Waals surface area contributed by atoms with E-state index < -0.39 is 11.9 Å². The van der Waals surface area contributed by atoms with Gasteiger partial charge in [0.15, 0.2) is 0 Å². The molecule has 6 heteroatoms. The lowest BCUT2D eigenvalue weighted by atomic mass is 10.2. The predicted molar refractivity (Wildman–Crippen MR) is 87.6 cm³/mol. The molecule has 0 unspecified atom stereocenters. The highest BCUT2D eigenvalue weighted by molar-refractivity contribution is 5.96. The van der Waals surface area contributed by atoms with Crippen molar-refractivity contribution in [2.24, 2.45) is 0 Å². The quantitative estimate of drug-likeness (QED) is 0.589. The van der Waals surface area contributed by atoms with E-state index in [0.717, 1.165) is 10.9 Å². The van der Waals surface area contributed by atoms with Gasteiger partial charge in [-0.2, -0.15) is 0 Å². The molecule has 0 amide bonds. The van der Waals surface area contributed by atoms with Gasteiger partial charge in [-0.3, -0.25) is 0 Å². The Hall–Kier alpha value is -3.28. The number of esters is 2. The van der Waals surface area contributed by atoms with Gasteiger partial charge in [-0.05, 0) is 42.5 Å². The van der Waals surface area contributed by atoms with Crippen LogP contribution in [0.2, 0.25) is 0 Å². The third-order valence-corrected chi connectivity index (χ3v) is 3.51. The van der Waals surface area contributed by atoms with E-state index in [-0.39, 0.29) is 5.75 Å². The Balaban J connectivity index is 1.83. The fourth-order valence-electron chi connectivity index (χ4n) is 2.31. The Morgan fingerprint density at radius 1 is 0.917 bits per heavy atom. The molecule has 0 aliphatic rings. The van der Waals surface area contributed by atoms with Crippen molar-refractivity contribution in [2.45, 2.75) is 0 Å². The number of aromatic nitrogens is 1. The van der Waals surface area contributed by atoms with Gasteiger partial charge in [0.2, 0.25) is 0 Å². The van der Waals surface area contributed by atoms with Gasteiger partial charge in [0.25, 0.3) is 0 Å². The van der Waals surface area contributed by atoms with Crippen LogP contribution in [0, 0.1) is 0 Å². The molecule has 3 aromatic rings. The van der Waals surface area contributed by atoms with Crippen molar-refractivity contribution >= 4 is 22.8 Å². The standard InChI is InChI=1S/C18H15NO5/c1-22-13-6-7-15-12(9-13)10-16(19-15)18(21)24-14-5-3-4-11(8-14)17(20)23-2/h3-10,19H,1-2H3. The van der Waals surface area contributed by atoms with Crippen molar-refractivity contribution < 1.29 is 23.8 Å². The fraction of sp³-hybridized carbons (Fsp3) is 0.111. The number of benzene rings is 2. The maximum atomic E-state index is 12.3. The van der Waals surface area contributed by atoms with E-state index in [1.54, 1.807) is 37.4 Å². The van der Waals surface area contributed by atoms with Crippen molar-refractivity contribution in [3.63, 3.8) is 0 Å². The number of fused-ring (bicyclic) bond motifs is 1. The largest absolute Gasteiger partial charge is 0.497 e. The summed E-state index contributed by atoms with van der Waals surface area (Å²) < 4.78 is 15.1. The minimum Gasteiger partial charge on any atom is -0.497 e. The number of carbonyl (C=O) groups excluding carboxylic acids is 2. The molecule has 2 aromatic carbocycles. The summed E-state index contributed by atoms with van der Waals surface area (Å²) in [6.45, 7) is 0. The van der Waals surface area contributed by atoms with E-state index in [0.29, 0.717) is 17.0 Å². The molecule has 1 aromatic heterocycles. The molecule has 6 nitrogen and oxygen atoms in total. The minimum absolute atomic E-state index is 0.263. The molecular weight excluding hydrogens is 310 g/mol. The molecule has 3 rings (SSSR count). The van der Waals surface area contributed by atoms with E-state index in [1.165, 1.54) is 13.2 Å². The van der Waals surface area contributed by atoms with Crippen LogP contribution in [0.3, 0.4) is 0 Å². The highest BCUT2D eigenvalue weighted by atomic mass is 16.5. The fourth-order valence-corrected chi connectivity index (χ4v) is 2.31. The first-order valence-electron chi connectivity index (χ1n) is 7.18. The second-order valence-electron chi connectivity index (χ2n) is 5.05. The number of H-pyrrole nitrogens is 1. The number of carbonyl (C=O) groups is 2. The van der Waals surface area contributed by atoms with Gasteiger partial charge in [-0.1, -0.05) is 6.07 Å². The van der Waals surface area contributed by atoms with Gasteiger partial charge in [-0.25, -0.2) is 9.59 Å². The second-order valence-corrected chi connectivity index (χ2v) is 5.05. The third-order valence-electron chi connectivity index (χ3n) is 3.51. The van der Waals surface area contributed by atoms with Gasteiger partial charge in [0.1, 0.15) is 17.2 Å². The zero-order chi connectivity index (χ0) is 17.1. The van der Waals surface area contributed by atoms with Crippen LogP contribution in [0.15, 0.2) is 48.5 Å². The monoisotopic (exact) mass is 325 g/mol. The van der Waals surface area contributed by atoms with Crippen molar-refractivity contribution in [3.8, 4) is 11.5 Å². The summed E-state index contributed by atoms with van der Waals surface area (Å²) >= 11 is 0. The van der Waals surface area contributed by atoms with Crippen LogP contribution in [0.25, 0.3) is 10.9 Å². The zero-order valence-electron chi connectivity index (χ0n) is 13.2. The molecule has 0 saturated heterocycles. The molecule has 1 heterocycles. The molecule has 0 radical (unpaired) electrons. The first kappa shape index (κ1) is 15.6. The van der Waals surface area contributed by atoms with Gasteiger partial charge in [0, 0.05) is 10.9 Å². The van der Waals surface area contributed by atoms with Crippen molar-refractivity contribution in [1.82, 2.24) is 4.98 Å². The molecule has 0 aliphatic heterocycles. The van der Waals surface area contributed by atoms with Gasteiger partial charge in [0.05, 0.1) is 19.8 Å². The molecule has 0 spiro atoms. The minimum atomic E-state index is -0.549. The Morgan fingerprint density at radius 3 is 2.50 bits per heavy atom. The van der Waals surface area contributed by atoms with Gasteiger partial charge in [-0.15, -0.1) is 0 Å². The molecule has 1 N–H and O–H groups in total. The van der Waals surface area contributed by atoms with Crippen molar-refractivity contribution in [1.29, 1.82) is 0 Å². The maximum absolute atomic E-state index is 12.3. The summed E-state index contributed by atoms with van der Waals surface area (Å²) in [6, 6.07) is 13.4. The molecular formula is C18H15NO5. The molecule has 0 saturated carbocycles. The van der Waals surface area contributed by atoms with E-state index in [9.17, 15) is 9.59 Å². The van der Waals surface area contributed by atoms with E-state index in [2.05, 4.69) is 9.72 Å². The number of hydrogen-bond acceptors (Lipinski definition) is 5. The highest BCUT2D eigenvalue weighted by Crippen LogP contribution is 2.22. The van der Waals surface area contributed by atoms with E-state index in [1.807, 2.05) is 12.1 Å². The summed E-state index contributed by atoms with van der Waals surface area (Å²) in [6.07, 6.45) is 0. The van der Waals surface area contributed by atoms with Crippen LogP contribution >= 0.6 is 0 Å². The molecule has 24 heavy (non-hydrogen) atoms. The van der Waals surface area contributed by atoms with Crippen LogP contribution in [0.4, 0.5) is 0 Å².